The van der Waals surface area contributed by atoms with Crippen molar-refractivity contribution < 1.29 is 18.3 Å². The van der Waals surface area contributed by atoms with Crippen LogP contribution >= 0.6 is 0 Å². The summed E-state index contributed by atoms with van der Waals surface area (Å²) in [5.74, 6) is -0.399. The molecular weight excluding hydrogens is 323 g/mol. The highest BCUT2D eigenvalue weighted by atomic mass is 19.4. The highest BCUT2D eigenvalue weighted by Crippen LogP contribution is 2.35. The van der Waals surface area contributed by atoms with Crippen LogP contribution < -0.4 is 5.43 Å². The van der Waals surface area contributed by atoms with E-state index in [-0.39, 0.29) is 6.42 Å². The molecule has 1 unspecified atom stereocenters. The van der Waals surface area contributed by atoms with E-state index in [2.05, 4.69) is 5.10 Å². The second-order valence-corrected chi connectivity index (χ2v) is 5.53. The molecule has 0 amide bonds. The lowest BCUT2D eigenvalue weighted by molar-refractivity contribution is -0.0601. The van der Waals surface area contributed by atoms with Gasteiger partial charge in [0.05, 0.1) is 12.2 Å². The fourth-order valence-corrected chi connectivity index (χ4v) is 2.65. The summed E-state index contributed by atoms with van der Waals surface area (Å²) in [6.45, 7) is 0. The standard InChI is InChI=1S/C16H14F3N3O2/c1-21-12(8-15(20-21)16(17,18)19)10-3-2-4-11(7-10)22-6-5-13(23)14(24)9-22/h2-7,9,12,24H,8H2,1H3. The minimum absolute atomic E-state index is 0.223. The minimum atomic E-state index is -4.44. The third-order valence-corrected chi connectivity index (χ3v) is 3.90. The van der Waals surface area contributed by atoms with Gasteiger partial charge in [0.1, 0.15) is 5.71 Å². The lowest BCUT2D eigenvalue weighted by atomic mass is 10.0. The quantitative estimate of drug-likeness (QED) is 0.917. The molecule has 0 saturated heterocycles. The molecule has 3 rings (SSSR count). The highest BCUT2D eigenvalue weighted by Gasteiger charge is 2.42. The summed E-state index contributed by atoms with van der Waals surface area (Å²) in [7, 11) is 1.50. The fourth-order valence-electron chi connectivity index (χ4n) is 2.65. The number of aromatic hydroxyl groups is 1. The van der Waals surface area contributed by atoms with Gasteiger partial charge >= 0.3 is 6.18 Å². The van der Waals surface area contributed by atoms with Crippen LogP contribution in [0.2, 0.25) is 0 Å². The zero-order valence-corrected chi connectivity index (χ0v) is 12.7. The number of alkyl halides is 3. The lowest BCUT2D eigenvalue weighted by Crippen LogP contribution is -2.21. The van der Waals surface area contributed by atoms with Crippen LogP contribution in [0.5, 0.6) is 5.75 Å². The maximum Gasteiger partial charge on any atom is 0.431 e. The van der Waals surface area contributed by atoms with Gasteiger partial charge < -0.3 is 9.67 Å². The maximum atomic E-state index is 12.8. The first-order valence-electron chi connectivity index (χ1n) is 7.15. The Morgan fingerprint density at radius 2 is 2.04 bits per heavy atom. The molecule has 1 aromatic carbocycles. The Labute approximate surface area is 135 Å². The van der Waals surface area contributed by atoms with Gasteiger partial charge in [-0.3, -0.25) is 9.80 Å². The molecule has 0 saturated carbocycles. The SMILES string of the molecule is CN1N=C(C(F)(F)F)CC1c1cccc(-n2ccc(=O)c(O)c2)c1. The van der Waals surface area contributed by atoms with Crippen molar-refractivity contribution in [2.24, 2.45) is 5.10 Å². The van der Waals surface area contributed by atoms with Gasteiger partial charge in [0.2, 0.25) is 5.43 Å². The van der Waals surface area contributed by atoms with Crippen LogP contribution in [0, 0.1) is 0 Å². The van der Waals surface area contributed by atoms with Crippen LogP contribution in [0.25, 0.3) is 5.69 Å². The molecule has 0 aliphatic carbocycles. The van der Waals surface area contributed by atoms with Gasteiger partial charge in [0, 0.05) is 31.4 Å². The van der Waals surface area contributed by atoms with Gasteiger partial charge in [-0.2, -0.15) is 18.3 Å². The van der Waals surface area contributed by atoms with Crippen molar-refractivity contribution in [3.63, 3.8) is 0 Å². The maximum absolute atomic E-state index is 12.8. The number of aromatic nitrogens is 1. The first kappa shape index (κ1) is 16.1. The Morgan fingerprint density at radius 1 is 1.29 bits per heavy atom. The zero-order chi connectivity index (χ0) is 17.5. The molecule has 2 heterocycles. The van der Waals surface area contributed by atoms with Crippen molar-refractivity contribution in [2.75, 3.05) is 7.05 Å². The fraction of sp³-hybridized carbons (Fsp3) is 0.250. The molecule has 2 aromatic rings. The monoisotopic (exact) mass is 337 g/mol. The summed E-state index contributed by atoms with van der Waals surface area (Å²) in [5, 5.41) is 14.4. The summed E-state index contributed by atoms with van der Waals surface area (Å²) >= 11 is 0. The van der Waals surface area contributed by atoms with E-state index < -0.39 is 29.1 Å². The Kier molecular flexibility index (Phi) is 3.82. The van der Waals surface area contributed by atoms with Crippen molar-refractivity contribution in [2.45, 2.75) is 18.6 Å². The van der Waals surface area contributed by atoms with Gasteiger partial charge in [0.25, 0.3) is 0 Å². The molecule has 0 spiro atoms. The molecule has 0 fully saturated rings. The molecular formula is C16H14F3N3O2. The molecule has 1 N–H and O–H groups in total. The largest absolute Gasteiger partial charge is 0.503 e. The van der Waals surface area contributed by atoms with Crippen LogP contribution in [-0.4, -0.2) is 33.6 Å². The van der Waals surface area contributed by atoms with Crippen LogP contribution in [0.3, 0.4) is 0 Å². The predicted octanol–water partition coefficient (Wildman–Crippen LogP) is 2.84. The number of hydrogen-bond donors (Lipinski definition) is 1. The number of hydrogen-bond acceptors (Lipinski definition) is 4. The van der Waals surface area contributed by atoms with E-state index >= 15 is 0 Å². The zero-order valence-electron chi connectivity index (χ0n) is 12.7. The predicted molar refractivity (Wildman–Crippen MR) is 82.3 cm³/mol. The third kappa shape index (κ3) is 2.99. The molecule has 5 nitrogen and oxygen atoms in total. The number of nitrogens with zero attached hydrogens (tertiary/aromatic N) is 3. The summed E-state index contributed by atoms with van der Waals surface area (Å²) in [4.78, 5) is 11.3. The van der Waals surface area contributed by atoms with Crippen LogP contribution in [0.1, 0.15) is 18.0 Å². The van der Waals surface area contributed by atoms with E-state index in [0.717, 1.165) is 0 Å². The van der Waals surface area contributed by atoms with E-state index in [4.69, 9.17) is 0 Å². The van der Waals surface area contributed by atoms with E-state index in [9.17, 15) is 23.1 Å². The average Bonchev–Trinajstić information content (AvgIpc) is 2.92. The van der Waals surface area contributed by atoms with E-state index in [1.54, 1.807) is 24.3 Å². The third-order valence-electron chi connectivity index (χ3n) is 3.90. The molecule has 126 valence electrons. The molecule has 8 heteroatoms. The topological polar surface area (TPSA) is 57.8 Å². The van der Waals surface area contributed by atoms with Crippen LogP contribution in [0.15, 0.2) is 52.6 Å². The average molecular weight is 337 g/mol. The van der Waals surface area contributed by atoms with Crippen LogP contribution in [-0.2, 0) is 0 Å². The lowest BCUT2D eigenvalue weighted by Gasteiger charge is -2.20. The molecule has 1 atom stereocenters. The second kappa shape index (κ2) is 5.70. The summed E-state index contributed by atoms with van der Waals surface area (Å²) < 4.78 is 40.0. The first-order valence-corrected chi connectivity index (χ1v) is 7.15. The smallest absolute Gasteiger partial charge is 0.431 e. The van der Waals surface area contributed by atoms with Crippen LogP contribution in [0.4, 0.5) is 13.2 Å². The van der Waals surface area contributed by atoms with Gasteiger partial charge in [-0.05, 0) is 17.7 Å². The van der Waals surface area contributed by atoms with Gasteiger partial charge in [0.15, 0.2) is 5.75 Å². The van der Waals surface area contributed by atoms with Gasteiger partial charge in [-0.1, -0.05) is 12.1 Å². The van der Waals surface area contributed by atoms with E-state index in [1.807, 2.05) is 0 Å². The number of halogens is 3. The van der Waals surface area contributed by atoms with Crippen molar-refractivity contribution >= 4 is 5.71 Å². The molecule has 1 aromatic heterocycles. The van der Waals surface area contributed by atoms with Gasteiger partial charge in [-0.25, -0.2) is 0 Å². The number of hydrazone groups is 1. The van der Waals surface area contributed by atoms with Gasteiger partial charge in [-0.15, -0.1) is 0 Å². The summed E-state index contributed by atoms with van der Waals surface area (Å²) in [6, 6.07) is 7.57. The van der Waals surface area contributed by atoms with E-state index in [0.29, 0.717) is 11.3 Å². The Balaban J connectivity index is 1.92. The Hall–Kier alpha value is -2.77. The molecule has 24 heavy (non-hydrogen) atoms. The van der Waals surface area contributed by atoms with Crippen molar-refractivity contribution in [3.05, 3.63) is 58.5 Å². The first-order chi connectivity index (χ1) is 11.3. The Bertz CT molecular complexity index is 858. The second-order valence-electron chi connectivity index (χ2n) is 5.53. The van der Waals surface area contributed by atoms with Crippen molar-refractivity contribution in [1.82, 2.24) is 9.58 Å². The van der Waals surface area contributed by atoms with Crippen molar-refractivity contribution in [3.8, 4) is 11.4 Å². The summed E-state index contributed by atoms with van der Waals surface area (Å²) in [5.41, 5.74) is -0.0181. The normalized spacial score (nSPS) is 17.9. The number of rotatable bonds is 2. The highest BCUT2D eigenvalue weighted by molar-refractivity contribution is 5.91. The molecule has 0 radical (unpaired) electrons. The molecule has 1 aliphatic heterocycles. The Morgan fingerprint density at radius 3 is 2.67 bits per heavy atom. The number of pyridine rings is 1. The number of benzene rings is 1. The molecule has 1 aliphatic rings. The van der Waals surface area contributed by atoms with E-state index in [1.165, 1.54) is 35.1 Å². The van der Waals surface area contributed by atoms with Crippen molar-refractivity contribution in [1.29, 1.82) is 0 Å². The minimum Gasteiger partial charge on any atom is -0.503 e. The molecule has 0 bridgehead atoms. The summed E-state index contributed by atoms with van der Waals surface area (Å²) in [6.07, 6.45) is -1.92.